The molecule has 6 heteroatoms. The first-order chi connectivity index (χ1) is 9.19. The van der Waals surface area contributed by atoms with Gasteiger partial charge in [-0.1, -0.05) is 30.3 Å². The summed E-state index contributed by atoms with van der Waals surface area (Å²) in [7, 11) is 1.65. The van der Waals surface area contributed by atoms with Gasteiger partial charge in [0.05, 0.1) is 17.1 Å². The van der Waals surface area contributed by atoms with Crippen LogP contribution in [0.25, 0.3) is 0 Å². The Kier molecular flexibility index (Phi) is 10.2. The summed E-state index contributed by atoms with van der Waals surface area (Å²) in [6.07, 6.45) is 1.03. The van der Waals surface area contributed by atoms with Crippen molar-refractivity contribution in [2.24, 2.45) is 5.92 Å². The van der Waals surface area contributed by atoms with Crippen LogP contribution in [0.1, 0.15) is 13.3 Å². The SMILES string of the molecule is COCCOc1cc(SC2C[C@@H](C)[CH-]O2)ccc1Cl.[Cs+]. The van der Waals surface area contributed by atoms with E-state index in [2.05, 4.69) is 6.92 Å². The quantitative estimate of drug-likeness (QED) is 0.493. The molecule has 3 nitrogen and oxygen atoms in total. The number of benzene rings is 1. The van der Waals surface area contributed by atoms with Crippen molar-refractivity contribution in [3.05, 3.63) is 29.8 Å². The van der Waals surface area contributed by atoms with Crippen molar-refractivity contribution in [2.45, 2.75) is 23.7 Å². The molecule has 0 saturated carbocycles. The van der Waals surface area contributed by atoms with Crippen LogP contribution in [0.5, 0.6) is 5.75 Å². The predicted molar refractivity (Wildman–Crippen MR) is 77.6 cm³/mol. The zero-order valence-corrected chi connectivity index (χ0v) is 19.9. The van der Waals surface area contributed by atoms with Crippen LogP contribution in [0.4, 0.5) is 0 Å². The summed E-state index contributed by atoms with van der Waals surface area (Å²) < 4.78 is 16.1. The fourth-order valence-corrected chi connectivity index (χ4v) is 3.08. The van der Waals surface area contributed by atoms with E-state index in [0.29, 0.717) is 29.9 Å². The van der Waals surface area contributed by atoms with E-state index in [9.17, 15) is 0 Å². The molecule has 1 saturated heterocycles. The Balaban J connectivity index is 0.00000200. The molecular weight excluding hydrogens is 417 g/mol. The zero-order valence-electron chi connectivity index (χ0n) is 12.1. The molecule has 1 unspecified atom stereocenters. The van der Waals surface area contributed by atoms with E-state index in [1.54, 1.807) is 18.9 Å². The minimum atomic E-state index is 0. The van der Waals surface area contributed by atoms with Gasteiger partial charge in [-0.05, 0) is 24.6 Å². The predicted octanol–water partition coefficient (Wildman–Crippen LogP) is 1.01. The van der Waals surface area contributed by atoms with E-state index >= 15 is 0 Å². The van der Waals surface area contributed by atoms with Gasteiger partial charge in [0.2, 0.25) is 0 Å². The van der Waals surface area contributed by atoms with Gasteiger partial charge in [-0.15, -0.1) is 5.92 Å². The second kappa shape index (κ2) is 10.4. The molecule has 2 atom stereocenters. The molecule has 1 aromatic carbocycles. The van der Waals surface area contributed by atoms with E-state index in [1.165, 1.54) is 0 Å². The van der Waals surface area contributed by atoms with Gasteiger partial charge < -0.3 is 14.2 Å². The number of halogens is 1. The first kappa shape index (κ1) is 19.7. The first-order valence-electron chi connectivity index (χ1n) is 6.26. The fraction of sp³-hybridized carbons (Fsp3) is 0.500. The van der Waals surface area contributed by atoms with Gasteiger partial charge in [-0.2, -0.15) is 0 Å². The van der Waals surface area contributed by atoms with Crippen molar-refractivity contribution < 1.29 is 83.1 Å². The zero-order chi connectivity index (χ0) is 13.7. The summed E-state index contributed by atoms with van der Waals surface area (Å²) in [6.45, 7) is 5.10. The molecule has 1 heterocycles. The summed E-state index contributed by atoms with van der Waals surface area (Å²) in [5, 5.41) is 0.618. The molecule has 2 rings (SSSR count). The third kappa shape index (κ3) is 6.40. The Bertz CT molecular complexity index is 419. The number of hydrogen-bond donors (Lipinski definition) is 0. The summed E-state index contributed by atoms with van der Waals surface area (Å²) in [6, 6.07) is 5.80. The Hall–Kier alpha value is 1.63. The second-order valence-corrected chi connectivity index (χ2v) is 6.11. The van der Waals surface area contributed by atoms with E-state index in [4.69, 9.17) is 25.8 Å². The van der Waals surface area contributed by atoms with Crippen LogP contribution in [-0.2, 0) is 9.47 Å². The summed E-state index contributed by atoms with van der Waals surface area (Å²) in [5.41, 5.74) is 0.183. The molecule has 0 spiro atoms. The molecule has 0 amide bonds. The standard InChI is InChI=1S/C14H18ClO3S.Cs/c1-10-7-14(18-9-10)19-11-3-4-12(15)13(8-11)17-6-5-16-2;/h3-4,8-10,14H,5-7H2,1-2H3;/q-1;+1/t10-,14?;/m1./s1. The topological polar surface area (TPSA) is 27.7 Å². The summed E-state index contributed by atoms with van der Waals surface area (Å²) in [5.74, 6) is 1.21. The van der Waals surface area contributed by atoms with Gasteiger partial charge in [0.25, 0.3) is 0 Å². The molecule has 1 aliphatic rings. The maximum atomic E-state index is 6.10. The van der Waals surface area contributed by atoms with Crippen molar-refractivity contribution in [1.29, 1.82) is 0 Å². The van der Waals surface area contributed by atoms with Crippen LogP contribution >= 0.6 is 23.4 Å². The smallest absolute Gasteiger partial charge is 0.542 e. The first-order valence-corrected chi connectivity index (χ1v) is 7.51. The molecule has 1 aliphatic heterocycles. The van der Waals surface area contributed by atoms with E-state index in [0.717, 1.165) is 11.3 Å². The van der Waals surface area contributed by atoms with Gasteiger partial charge >= 0.3 is 68.9 Å². The van der Waals surface area contributed by atoms with Gasteiger partial charge in [0.15, 0.2) is 0 Å². The molecular formula is C14H18ClCsO3S. The van der Waals surface area contributed by atoms with Crippen molar-refractivity contribution >= 4 is 23.4 Å². The minimum absolute atomic E-state index is 0. The molecule has 1 aromatic rings. The van der Waals surface area contributed by atoms with Gasteiger partial charge in [-0.3, -0.25) is 0 Å². The second-order valence-electron chi connectivity index (χ2n) is 4.47. The normalized spacial score (nSPS) is 21.6. The molecule has 0 aromatic heterocycles. The van der Waals surface area contributed by atoms with Crippen LogP contribution in [-0.4, -0.2) is 25.8 Å². The maximum Gasteiger partial charge on any atom is 1.00 e. The van der Waals surface area contributed by atoms with Gasteiger partial charge in [-0.25, -0.2) is 6.61 Å². The number of rotatable bonds is 6. The Morgan fingerprint density at radius 3 is 2.90 bits per heavy atom. The van der Waals surface area contributed by atoms with Crippen molar-refractivity contribution in [2.75, 3.05) is 20.3 Å². The molecule has 0 radical (unpaired) electrons. The van der Waals surface area contributed by atoms with E-state index < -0.39 is 0 Å². The van der Waals surface area contributed by atoms with E-state index in [1.807, 2.05) is 24.8 Å². The largest absolute Gasteiger partial charge is 1.00 e. The summed E-state index contributed by atoms with van der Waals surface area (Å²) >= 11 is 7.80. The maximum absolute atomic E-state index is 6.10. The van der Waals surface area contributed by atoms with Crippen molar-refractivity contribution in [1.82, 2.24) is 0 Å². The number of hydrogen-bond acceptors (Lipinski definition) is 4. The van der Waals surface area contributed by atoms with Crippen molar-refractivity contribution in [3.63, 3.8) is 0 Å². The third-order valence-electron chi connectivity index (χ3n) is 2.74. The van der Waals surface area contributed by atoms with Crippen LogP contribution in [0.15, 0.2) is 23.1 Å². The van der Waals surface area contributed by atoms with Crippen LogP contribution < -0.4 is 73.6 Å². The third-order valence-corrected chi connectivity index (χ3v) is 4.15. The number of ether oxygens (including phenoxy) is 3. The van der Waals surface area contributed by atoms with Crippen molar-refractivity contribution in [3.8, 4) is 5.75 Å². The van der Waals surface area contributed by atoms with Crippen LogP contribution in [0.3, 0.4) is 0 Å². The number of thioether (sulfide) groups is 1. The van der Waals surface area contributed by atoms with Gasteiger partial charge in [0, 0.05) is 12.0 Å². The van der Waals surface area contributed by atoms with Crippen LogP contribution in [0, 0.1) is 12.5 Å². The molecule has 1 fully saturated rings. The average Bonchev–Trinajstić information content (AvgIpc) is 2.79. The number of methoxy groups -OCH3 is 1. The molecule has 106 valence electrons. The minimum Gasteiger partial charge on any atom is -0.542 e. The van der Waals surface area contributed by atoms with Crippen LogP contribution in [0.2, 0.25) is 5.02 Å². The van der Waals surface area contributed by atoms with Gasteiger partial charge in [0.1, 0.15) is 12.4 Å². The van der Waals surface area contributed by atoms with E-state index in [-0.39, 0.29) is 74.3 Å². The molecule has 0 bridgehead atoms. The Morgan fingerprint density at radius 1 is 1.45 bits per heavy atom. The Morgan fingerprint density at radius 2 is 2.25 bits per heavy atom. The Labute approximate surface area is 188 Å². The fourth-order valence-electron chi connectivity index (χ4n) is 1.77. The molecule has 20 heavy (non-hydrogen) atoms. The summed E-state index contributed by atoms with van der Waals surface area (Å²) in [4.78, 5) is 1.10. The average molecular weight is 435 g/mol. The molecule has 0 N–H and O–H groups in total. The monoisotopic (exact) mass is 434 g/mol. The molecule has 0 aliphatic carbocycles.